The van der Waals surface area contributed by atoms with E-state index >= 15 is 0 Å². The van der Waals surface area contributed by atoms with Crippen LogP contribution in [0.25, 0.3) is 0 Å². The second-order valence-corrected chi connectivity index (χ2v) is 5.47. The molecule has 114 valence electrons. The highest BCUT2D eigenvalue weighted by atomic mass is 79.9. The van der Waals surface area contributed by atoms with Crippen LogP contribution in [-0.2, 0) is 6.61 Å². The molecule has 0 aromatic heterocycles. The zero-order valence-electron chi connectivity index (χ0n) is 11.8. The zero-order valence-corrected chi connectivity index (χ0v) is 13.4. The molecular formula is C16H13BrO5. The SMILES string of the molecule is COc1cc(C=O)c(Br)cc1OCc1ccc2c(c1)OCO2. The van der Waals surface area contributed by atoms with Gasteiger partial charge in [-0.3, -0.25) is 4.79 Å². The standard InChI is InChI=1S/C16H13BrO5/c1-19-14-5-11(7-18)12(17)6-16(14)20-8-10-2-3-13-15(4-10)22-9-21-13/h2-7H,8-9H2,1H3. The second kappa shape index (κ2) is 6.27. The molecule has 1 aliphatic rings. The van der Waals surface area contributed by atoms with Gasteiger partial charge in [-0.25, -0.2) is 0 Å². The summed E-state index contributed by atoms with van der Waals surface area (Å²) < 4.78 is 22.3. The van der Waals surface area contributed by atoms with Gasteiger partial charge in [0.25, 0.3) is 0 Å². The van der Waals surface area contributed by atoms with Crippen LogP contribution in [0.5, 0.6) is 23.0 Å². The van der Waals surface area contributed by atoms with Crippen LogP contribution in [-0.4, -0.2) is 20.2 Å². The van der Waals surface area contributed by atoms with Crippen molar-refractivity contribution in [1.82, 2.24) is 0 Å². The first-order valence-corrected chi connectivity index (χ1v) is 7.34. The lowest BCUT2D eigenvalue weighted by Crippen LogP contribution is -1.99. The first-order valence-electron chi connectivity index (χ1n) is 6.55. The average molecular weight is 365 g/mol. The van der Waals surface area contributed by atoms with Crippen LogP contribution < -0.4 is 18.9 Å². The van der Waals surface area contributed by atoms with Crippen molar-refractivity contribution >= 4 is 22.2 Å². The number of hydrogen-bond acceptors (Lipinski definition) is 5. The van der Waals surface area contributed by atoms with Crippen molar-refractivity contribution in [1.29, 1.82) is 0 Å². The summed E-state index contributed by atoms with van der Waals surface area (Å²) in [5, 5.41) is 0. The monoisotopic (exact) mass is 364 g/mol. The van der Waals surface area contributed by atoms with Crippen LogP contribution in [0.1, 0.15) is 15.9 Å². The predicted octanol–water partition coefficient (Wildman–Crippen LogP) is 3.58. The Morgan fingerprint density at radius 2 is 2.00 bits per heavy atom. The molecule has 0 aliphatic carbocycles. The van der Waals surface area contributed by atoms with Gasteiger partial charge < -0.3 is 18.9 Å². The molecule has 2 aromatic carbocycles. The predicted molar refractivity (Wildman–Crippen MR) is 83.0 cm³/mol. The van der Waals surface area contributed by atoms with E-state index < -0.39 is 0 Å². The molecule has 0 bridgehead atoms. The molecule has 2 aromatic rings. The number of rotatable bonds is 5. The molecule has 22 heavy (non-hydrogen) atoms. The Balaban J connectivity index is 1.78. The largest absolute Gasteiger partial charge is 0.493 e. The van der Waals surface area contributed by atoms with Crippen molar-refractivity contribution in [3.05, 3.63) is 45.9 Å². The number of fused-ring (bicyclic) bond motifs is 1. The first-order chi connectivity index (χ1) is 10.7. The van der Waals surface area contributed by atoms with Gasteiger partial charge in [0.1, 0.15) is 6.61 Å². The molecule has 0 N–H and O–H groups in total. The summed E-state index contributed by atoms with van der Waals surface area (Å²) in [4.78, 5) is 10.9. The van der Waals surface area contributed by atoms with E-state index in [1.165, 1.54) is 7.11 Å². The maximum absolute atomic E-state index is 10.9. The van der Waals surface area contributed by atoms with Gasteiger partial charge in [0.15, 0.2) is 29.3 Å². The van der Waals surface area contributed by atoms with Gasteiger partial charge in [0, 0.05) is 10.0 Å². The Morgan fingerprint density at radius 1 is 1.18 bits per heavy atom. The van der Waals surface area contributed by atoms with E-state index in [-0.39, 0.29) is 6.79 Å². The van der Waals surface area contributed by atoms with Crippen LogP contribution in [0.3, 0.4) is 0 Å². The number of carbonyl (C=O) groups is 1. The molecule has 0 atom stereocenters. The Kier molecular flexibility index (Phi) is 4.20. The highest BCUT2D eigenvalue weighted by Crippen LogP contribution is 2.35. The van der Waals surface area contributed by atoms with Gasteiger partial charge in [-0.05, 0) is 45.8 Å². The lowest BCUT2D eigenvalue weighted by Gasteiger charge is -2.12. The molecule has 0 saturated heterocycles. The zero-order chi connectivity index (χ0) is 15.5. The molecule has 0 spiro atoms. The molecule has 3 rings (SSSR count). The molecule has 1 heterocycles. The smallest absolute Gasteiger partial charge is 0.231 e. The van der Waals surface area contributed by atoms with Crippen molar-refractivity contribution in [2.75, 3.05) is 13.9 Å². The van der Waals surface area contributed by atoms with Gasteiger partial charge in [0.2, 0.25) is 6.79 Å². The fourth-order valence-electron chi connectivity index (χ4n) is 2.11. The van der Waals surface area contributed by atoms with E-state index in [0.717, 1.165) is 17.6 Å². The van der Waals surface area contributed by atoms with Gasteiger partial charge in [0.05, 0.1) is 7.11 Å². The fourth-order valence-corrected chi connectivity index (χ4v) is 2.52. The second-order valence-electron chi connectivity index (χ2n) is 4.62. The van der Waals surface area contributed by atoms with E-state index in [4.69, 9.17) is 18.9 Å². The summed E-state index contributed by atoms with van der Waals surface area (Å²) in [6.07, 6.45) is 0.758. The minimum atomic E-state index is 0.244. The maximum atomic E-state index is 10.9. The highest BCUT2D eigenvalue weighted by Gasteiger charge is 2.14. The fraction of sp³-hybridized carbons (Fsp3) is 0.188. The minimum Gasteiger partial charge on any atom is -0.493 e. The molecule has 5 nitrogen and oxygen atoms in total. The minimum absolute atomic E-state index is 0.244. The number of benzene rings is 2. The molecular weight excluding hydrogens is 352 g/mol. The third kappa shape index (κ3) is 2.87. The van der Waals surface area contributed by atoms with Crippen molar-refractivity contribution in [2.24, 2.45) is 0 Å². The molecule has 0 unspecified atom stereocenters. The van der Waals surface area contributed by atoms with E-state index in [1.54, 1.807) is 12.1 Å². The lowest BCUT2D eigenvalue weighted by atomic mass is 10.2. The summed E-state index contributed by atoms with van der Waals surface area (Å²) in [5.74, 6) is 2.51. The summed E-state index contributed by atoms with van der Waals surface area (Å²) >= 11 is 3.33. The van der Waals surface area contributed by atoms with Gasteiger partial charge >= 0.3 is 0 Å². The quantitative estimate of drug-likeness (QED) is 0.759. The van der Waals surface area contributed by atoms with E-state index in [1.807, 2.05) is 18.2 Å². The number of methoxy groups -OCH3 is 1. The molecule has 0 fully saturated rings. The number of aldehydes is 1. The molecule has 6 heteroatoms. The number of carbonyl (C=O) groups excluding carboxylic acids is 1. The van der Waals surface area contributed by atoms with Crippen molar-refractivity contribution < 1.29 is 23.7 Å². The lowest BCUT2D eigenvalue weighted by molar-refractivity contribution is 0.112. The molecule has 0 saturated carbocycles. The summed E-state index contributed by atoms with van der Waals surface area (Å²) in [6, 6.07) is 8.99. The van der Waals surface area contributed by atoms with Crippen molar-refractivity contribution in [2.45, 2.75) is 6.61 Å². The third-order valence-corrected chi connectivity index (χ3v) is 3.93. The summed E-state index contributed by atoms with van der Waals surface area (Å²) in [5.41, 5.74) is 1.45. The van der Waals surface area contributed by atoms with Gasteiger partial charge in [-0.15, -0.1) is 0 Å². The Hall–Kier alpha value is -2.21. The van der Waals surface area contributed by atoms with Crippen LogP contribution in [0, 0.1) is 0 Å². The molecule has 0 amide bonds. The summed E-state index contributed by atoms with van der Waals surface area (Å²) in [6.45, 7) is 0.591. The highest BCUT2D eigenvalue weighted by molar-refractivity contribution is 9.10. The van der Waals surface area contributed by atoms with E-state index in [0.29, 0.717) is 33.9 Å². The maximum Gasteiger partial charge on any atom is 0.231 e. The normalized spacial score (nSPS) is 12.1. The number of halogens is 1. The molecule has 1 aliphatic heterocycles. The van der Waals surface area contributed by atoms with Gasteiger partial charge in [-0.2, -0.15) is 0 Å². The average Bonchev–Trinajstić information content (AvgIpc) is 3.00. The van der Waals surface area contributed by atoms with Crippen LogP contribution >= 0.6 is 15.9 Å². The van der Waals surface area contributed by atoms with Crippen LogP contribution in [0.2, 0.25) is 0 Å². The number of ether oxygens (including phenoxy) is 4. The third-order valence-electron chi connectivity index (χ3n) is 3.24. The number of hydrogen-bond donors (Lipinski definition) is 0. The van der Waals surface area contributed by atoms with Crippen molar-refractivity contribution in [3.63, 3.8) is 0 Å². The van der Waals surface area contributed by atoms with Crippen molar-refractivity contribution in [3.8, 4) is 23.0 Å². The molecule has 0 radical (unpaired) electrons. The van der Waals surface area contributed by atoms with Gasteiger partial charge in [-0.1, -0.05) is 6.07 Å². The van der Waals surface area contributed by atoms with Crippen LogP contribution in [0.15, 0.2) is 34.8 Å². The Labute approximate surface area is 135 Å². The van der Waals surface area contributed by atoms with E-state index in [2.05, 4.69) is 15.9 Å². The van der Waals surface area contributed by atoms with Crippen LogP contribution in [0.4, 0.5) is 0 Å². The Morgan fingerprint density at radius 3 is 2.77 bits per heavy atom. The topological polar surface area (TPSA) is 54.0 Å². The first kappa shape index (κ1) is 14.7. The summed E-state index contributed by atoms with van der Waals surface area (Å²) in [7, 11) is 1.53. The Bertz CT molecular complexity index is 714. The van der Waals surface area contributed by atoms with E-state index in [9.17, 15) is 4.79 Å².